The minimum absolute atomic E-state index is 0.0378. The molecule has 1 aromatic heterocycles. The van der Waals surface area contributed by atoms with Crippen molar-refractivity contribution in [2.24, 2.45) is 4.99 Å². The predicted molar refractivity (Wildman–Crippen MR) is 155 cm³/mol. The van der Waals surface area contributed by atoms with Crippen LogP contribution in [0.15, 0.2) is 77.8 Å². The van der Waals surface area contributed by atoms with Crippen molar-refractivity contribution < 1.29 is 21.9 Å². The van der Waals surface area contributed by atoms with Gasteiger partial charge in [0.05, 0.1) is 34.2 Å². The molecule has 0 amide bonds. The van der Waals surface area contributed by atoms with Gasteiger partial charge in [-0.15, -0.1) is 5.53 Å². The van der Waals surface area contributed by atoms with Gasteiger partial charge in [0.15, 0.2) is 0 Å². The van der Waals surface area contributed by atoms with Crippen molar-refractivity contribution in [1.29, 1.82) is 0 Å². The maximum absolute atomic E-state index is 13.9. The Morgan fingerprint density at radius 3 is 2.76 bits per heavy atom. The van der Waals surface area contributed by atoms with Crippen LogP contribution in [0, 0.1) is 11.6 Å². The summed E-state index contributed by atoms with van der Waals surface area (Å²) in [6, 6.07) is 13.9. The normalized spacial score (nSPS) is 13.5. The van der Waals surface area contributed by atoms with Crippen molar-refractivity contribution in [2.75, 3.05) is 28.9 Å². The third kappa shape index (κ3) is 7.06. The van der Waals surface area contributed by atoms with Crippen LogP contribution in [-0.2, 0) is 16.4 Å². The van der Waals surface area contributed by atoms with E-state index in [1.54, 1.807) is 35.6 Å². The number of benzene rings is 3. The van der Waals surface area contributed by atoms with Crippen molar-refractivity contribution in [2.45, 2.75) is 6.61 Å². The van der Waals surface area contributed by atoms with E-state index in [0.717, 1.165) is 23.2 Å². The maximum Gasteiger partial charge on any atom is 0.149 e. The topological polar surface area (TPSA) is 121 Å². The molecule has 5 rings (SSSR count). The molecule has 0 fully saturated rings. The van der Waals surface area contributed by atoms with Gasteiger partial charge in [-0.1, -0.05) is 11.6 Å². The monoisotopic (exact) mass is 599 g/mol. The van der Waals surface area contributed by atoms with E-state index in [-0.39, 0.29) is 29.5 Å². The van der Waals surface area contributed by atoms with Gasteiger partial charge in [0.25, 0.3) is 0 Å². The van der Waals surface area contributed by atoms with Crippen LogP contribution in [0.3, 0.4) is 0 Å². The van der Waals surface area contributed by atoms with Gasteiger partial charge in [-0.25, -0.2) is 27.2 Å². The summed E-state index contributed by atoms with van der Waals surface area (Å²) in [4.78, 5) is 13.0. The second kappa shape index (κ2) is 12.0. The summed E-state index contributed by atoms with van der Waals surface area (Å²) in [5.41, 5.74) is 8.86. The van der Waals surface area contributed by atoms with Gasteiger partial charge in [-0.2, -0.15) is 0 Å². The number of hydrazine groups is 2. The van der Waals surface area contributed by atoms with E-state index >= 15 is 0 Å². The lowest BCUT2D eigenvalue weighted by atomic mass is 10.2. The number of halogens is 3. The molecule has 0 spiro atoms. The van der Waals surface area contributed by atoms with Crippen molar-refractivity contribution in [3.05, 3.63) is 95.0 Å². The number of nitrogens with one attached hydrogen (secondary N) is 3. The van der Waals surface area contributed by atoms with E-state index in [0.29, 0.717) is 28.5 Å². The molecule has 212 valence electrons. The molecular formula is C27H24ClF2N7O3S. The number of hydrogen-bond donors (Lipinski definition) is 3. The van der Waals surface area contributed by atoms with Crippen LogP contribution >= 0.6 is 11.6 Å². The van der Waals surface area contributed by atoms with Crippen LogP contribution in [0.1, 0.15) is 5.56 Å². The molecule has 3 aromatic carbocycles. The fourth-order valence-electron chi connectivity index (χ4n) is 3.90. The molecule has 41 heavy (non-hydrogen) atoms. The molecule has 0 saturated carbocycles. The van der Waals surface area contributed by atoms with Crippen LogP contribution < -0.4 is 26.0 Å². The Morgan fingerprint density at radius 1 is 1.12 bits per heavy atom. The number of sulfone groups is 1. The summed E-state index contributed by atoms with van der Waals surface area (Å²) < 4.78 is 55.4. The summed E-state index contributed by atoms with van der Waals surface area (Å²) in [5, 5.41) is 5.99. The molecule has 0 aliphatic carbocycles. The summed E-state index contributed by atoms with van der Waals surface area (Å²) in [6.45, 7) is 0.0370. The molecule has 14 heteroatoms. The first-order valence-corrected chi connectivity index (χ1v) is 14.7. The Labute approximate surface area is 239 Å². The average Bonchev–Trinajstić information content (AvgIpc) is 3.40. The average molecular weight is 600 g/mol. The fourth-order valence-corrected chi connectivity index (χ4v) is 4.57. The number of aromatic nitrogens is 2. The third-order valence-corrected chi connectivity index (χ3v) is 7.16. The van der Waals surface area contributed by atoms with Gasteiger partial charge in [0.2, 0.25) is 0 Å². The molecule has 3 N–H and O–H groups in total. The summed E-state index contributed by atoms with van der Waals surface area (Å²) in [6.07, 6.45) is 5.89. The first-order valence-electron chi connectivity index (χ1n) is 12.2. The highest BCUT2D eigenvalue weighted by Gasteiger charge is 2.17. The molecule has 0 radical (unpaired) electrons. The second-order valence-electron chi connectivity index (χ2n) is 9.04. The molecule has 0 bridgehead atoms. The summed E-state index contributed by atoms with van der Waals surface area (Å²) in [7, 11) is -3.10. The summed E-state index contributed by atoms with van der Waals surface area (Å²) in [5.74, 6) is -0.541. The Kier molecular flexibility index (Phi) is 8.28. The Hall–Kier alpha value is -4.33. The van der Waals surface area contributed by atoms with Crippen LogP contribution in [-0.4, -0.2) is 43.2 Å². The number of allylic oxidation sites excluding steroid dienone is 1. The molecule has 2 heterocycles. The molecule has 0 unspecified atom stereocenters. The predicted octanol–water partition coefficient (Wildman–Crippen LogP) is 4.67. The number of ether oxygens (including phenoxy) is 1. The minimum Gasteiger partial charge on any atom is -0.487 e. The number of fused-ring (bicyclic) bond motifs is 1. The van der Waals surface area contributed by atoms with Crippen LogP contribution in [0.4, 0.5) is 26.0 Å². The highest BCUT2D eigenvalue weighted by Crippen LogP contribution is 2.32. The molecule has 4 aromatic rings. The van der Waals surface area contributed by atoms with Gasteiger partial charge in [-0.05, 0) is 48.5 Å². The smallest absolute Gasteiger partial charge is 0.149 e. The number of rotatable bonds is 10. The number of anilines is 3. The number of aliphatic imine (C=N–C) groups is 1. The molecule has 1 aliphatic heterocycles. The largest absolute Gasteiger partial charge is 0.487 e. The first kappa shape index (κ1) is 28.2. The molecule has 0 saturated heterocycles. The third-order valence-electron chi connectivity index (χ3n) is 5.94. The second-order valence-corrected chi connectivity index (χ2v) is 11.7. The Balaban J connectivity index is 1.32. The molecule has 0 atom stereocenters. The van der Waals surface area contributed by atoms with Gasteiger partial charge in [0.1, 0.15) is 46.0 Å². The van der Waals surface area contributed by atoms with Crippen LogP contribution in [0.2, 0.25) is 5.02 Å². The lowest BCUT2D eigenvalue weighted by Gasteiger charge is -2.20. The van der Waals surface area contributed by atoms with E-state index < -0.39 is 21.5 Å². The van der Waals surface area contributed by atoms with Crippen molar-refractivity contribution in [3.8, 4) is 5.75 Å². The highest BCUT2D eigenvalue weighted by molar-refractivity contribution is 7.90. The Bertz CT molecular complexity index is 1770. The van der Waals surface area contributed by atoms with E-state index in [1.165, 1.54) is 18.6 Å². The zero-order valence-corrected chi connectivity index (χ0v) is 23.2. The summed E-state index contributed by atoms with van der Waals surface area (Å²) >= 11 is 6.42. The van der Waals surface area contributed by atoms with Gasteiger partial charge >= 0.3 is 0 Å². The quantitative estimate of drug-likeness (QED) is 0.223. The Morgan fingerprint density at radius 2 is 1.98 bits per heavy atom. The fraction of sp³-hybridized carbons (Fsp3) is 0.148. The van der Waals surface area contributed by atoms with Crippen molar-refractivity contribution in [1.82, 2.24) is 20.9 Å². The molecular weight excluding hydrogens is 576 g/mol. The zero-order valence-electron chi connectivity index (χ0n) is 21.6. The van der Waals surface area contributed by atoms with Gasteiger partial charge < -0.3 is 15.5 Å². The lowest BCUT2D eigenvalue weighted by molar-refractivity contribution is 0.299. The van der Waals surface area contributed by atoms with Crippen LogP contribution in [0.25, 0.3) is 10.9 Å². The van der Waals surface area contributed by atoms with Gasteiger partial charge in [0, 0.05) is 41.4 Å². The van der Waals surface area contributed by atoms with E-state index in [1.807, 2.05) is 18.2 Å². The SMILES string of the molecule is CS(=O)(=O)CCN=CC1=CNNN1c1ccc2ncnc(Nc3ccc(OCc4ccc(F)cc4F)c(Cl)c3)c2c1. The first-order chi connectivity index (χ1) is 19.7. The van der Waals surface area contributed by atoms with E-state index in [9.17, 15) is 17.2 Å². The molecule has 10 nitrogen and oxygen atoms in total. The van der Waals surface area contributed by atoms with Crippen molar-refractivity contribution in [3.63, 3.8) is 0 Å². The zero-order chi connectivity index (χ0) is 29.0. The molecule has 1 aliphatic rings. The maximum atomic E-state index is 13.9. The number of nitrogens with zero attached hydrogens (tertiary/aromatic N) is 4. The van der Waals surface area contributed by atoms with E-state index in [4.69, 9.17) is 16.3 Å². The lowest BCUT2D eigenvalue weighted by Crippen LogP contribution is -2.37. The highest BCUT2D eigenvalue weighted by atomic mass is 35.5. The number of hydrogen-bond acceptors (Lipinski definition) is 10. The van der Waals surface area contributed by atoms with E-state index in [2.05, 4.69) is 31.2 Å². The van der Waals surface area contributed by atoms with Crippen molar-refractivity contribution >= 4 is 55.7 Å². The van der Waals surface area contributed by atoms with Crippen LogP contribution in [0.5, 0.6) is 5.75 Å². The standard InChI is InChI=1S/C27H24ClF2N7O3S/c1-41(38,39)9-8-31-13-21-14-34-36-37(21)20-5-6-25-22(12-20)27(33-16-32-25)35-19-4-7-26(23(28)11-19)40-15-17-2-3-18(29)10-24(17)30/h2-7,10-14,16,34,36H,8-9,15H2,1H3,(H,32,33,35). The van der Waals surface area contributed by atoms with Gasteiger partial charge in [-0.3, -0.25) is 10.0 Å². The minimum atomic E-state index is -3.10.